The molecule has 0 aliphatic heterocycles. The van der Waals surface area contributed by atoms with Crippen LogP contribution in [0, 0.1) is 0 Å². The predicted octanol–water partition coefficient (Wildman–Crippen LogP) is 11.8. The zero-order chi connectivity index (χ0) is 31.6. The highest BCUT2D eigenvalue weighted by Crippen LogP contribution is 2.57. The maximum atomic E-state index is 2.42. The lowest BCUT2D eigenvalue weighted by Gasteiger charge is -2.34. The number of hydrogen-bond donors (Lipinski definition) is 0. The van der Waals surface area contributed by atoms with Crippen LogP contribution in [0.2, 0.25) is 0 Å². The molecule has 47 heavy (non-hydrogen) atoms. The summed E-state index contributed by atoms with van der Waals surface area (Å²) >= 11 is 0. The van der Waals surface area contributed by atoms with Crippen LogP contribution in [-0.2, 0) is 10.8 Å². The molecule has 0 heterocycles. The average Bonchev–Trinajstić information content (AvgIpc) is 3.55. The molecule has 7 aromatic rings. The van der Waals surface area contributed by atoms with E-state index in [0.717, 1.165) is 11.4 Å². The van der Waals surface area contributed by atoms with Crippen LogP contribution in [0.25, 0.3) is 22.3 Å². The molecule has 0 aromatic heterocycles. The van der Waals surface area contributed by atoms with Crippen molar-refractivity contribution in [2.75, 3.05) is 4.90 Å². The molecule has 0 saturated heterocycles. The van der Waals surface area contributed by atoms with Gasteiger partial charge in [-0.25, -0.2) is 0 Å². The van der Waals surface area contributed by atoms with Gasteiger partial charge >= 0.3 is 0 Å². The van der Waals surface area contributed by atoms with E-state index in [9.17, 15) is 0 Å². The van der Waals surface area contributed by atoms with Crippen molar-refractivity contribution in [3.05, 3.63) is 209 Å². The summed E-state index contributed by atoms with van der Waals surface area (Å²) in [5, 5.41) is 0. The molecular formula is C46H35N. The topological polar surface area (TPSA) is 3.24 Å². The average molecular weight is 602 g/mol. The van der Waals surface area contributed by atoms with E-state index < -0.39 is 5.41 Å². The van der Waals surface area contributed by atoms with Crippen molar-refractivity contribution in [1.82, 2.24) is 0 Å². The van der Waals surface area contributed by atoms with Gasteiger partial charge in [0.05, 0.1) is 5.41 Å². The number of hydrogen-bond acceptors (Lipinski definition) is 1. The molecule has 224 valence electrons. The van der Waals surface area contributed by atoms with Crippen molar-refractivity contribution < 1.29 is 0 Å². The quantitative estimate of drug-likeness (QED) is 0.190. The van der Waals surface area contributed by atoms with Gasteiger partial charge in [0.1, 0.15) is 0 Å². The van der Waals surface area contributed by atoms with Gasteiger partial charge in [-0.15, -0.1) is 0 Å². The van der Waals surface area contributed by atoms with E-state index in [-0.39, 0.29) is 5.41 Å². The summed E-state index contributed by atoms with van der Waals surface area (Å²) in [5.74, 6) is 0. The highest BCUT2D eigenvalue weighted by Gasteiger charge is 2.46. The van der Waals surface area contributed by atoms with Crippen LogP contribution in [0.5, 0.6) is 0 Å². The molecule has 0 saturated carbocycles. The molecule has 0 spiro atoms. The molecule has 7 aromatic carbocycles. The largest absolute Gasteiger partial charge is 0.310 e. The molecule has 0 bridgehead atoms. The van der Waals surface area contributed by atoms with E-state index in [2.05, 4.69) is 195 Å². The van der Waals surface area contributed by atoms with Crippen LogP contribution in [-0.4, -0.2) is 0 Å². The summed E-state index contributed by atoms with van der Waals surface area (Å²) in [7, 11) is 0. The number of anilines is 3. The van der Waals surface area contributed by atoms with Gasteiger partial charge in [-0.3, -0.25) is 0 Å². The first-order valence-corrected chi connectivity index (χ1v) is 16.5. The third-order valence-corrected chi connectivity index (χ3v) is 10.5. The van der Waals surface area contributed by atoms with Crippen LogP contribution in [0.3, 0.4) is 0 Å². The van der Waals surface area contributed by atoms with Crippen LogP contribution >= 0.6 is 0 Å². The normalized spacial score (nSPS) is 14.5. The Bertz CT molecular complexity index is 2230. The highest BCUT2D eigenvalue weighted by molar-refractivity contribution is 5.91. The minimum atomic E-state index is -0.409. The van der Waals surface area contributed by atoms with Crippen LogP contribution in [0.15, 0.2) is 176 Å². The summed E-state index contributed by atoms with van der Waals surface area (Å²) in [5.41, 5.74) is 16.2. The van der Waals surface area contributed by atoms with E-state index in [1.165, 1.54) is 61.3 Å². The molecule has 0 amide bonds. The molecule has 9 rings (SSSR count). The van der Waals surface area contributed by atoms with Gasteiger partial charge in [0.15, 0.2) is 0 Å². The molecule has 0 atom stereocenters. The second-order valence-corrected chi connectivity index (χ2v) is 13.3. The number of para-hydroxylation sites is 1. The van der Waals surface area contributed by atoms with Crippen LogP contribution in [0.1, 0.15) is 47.2 Å². The summed E-state index contributed by atoms with van der Waals surface area (Å²) in [4.78, 5) is 2.42. The fourth-order valence-electron chi connectivity index (χ4n) is 8.43. The Hall–Kier alpha value is -5.66. The predicted molar refractivity (Wildman–Crippen MR) is 196 cm³/mol. The van der Waals surface area contributed by atoms with Crippen molar-refractivity contribution in [3.8, 4) is 22.3 Å². The first-order valence-electron chi connectivity index (χ1n) is 16.5. The molecule has 0 N–H and O–H groups in total. The minimum Gasteiger partial charge on any atom is -0.310 e. The molecule has 1 nitrogen and oxygen atoms in total. The fourth-order valence-corrected chi connectivity index (χ4v) is 8.43. The van der Waals surface area contributed by atoms with Crippen molar-refractivity contribution >= 4 is 17.1 Å². The van der Waals surface area contributed by atoms with Crippen molar-refractivity contribution in [2.24, 2.45) is 0 Å². The molecule has 0 unspecified atom stereocenters. The van der Waals surface area contributed by atoms with Crippen molar-refractivity contribution in [1.29, 1.82) is 0 Å². The van der Waals surface area contributed by atoms with Crippen LogP contribution < -0.4 is 4.90 Å². The highest BCUT2D eigenvalue weighted by atomic mass is 15.1. The van der Waals surface area contributed by atoms with Gasteiger partial charge in [0.2, 0.25) is 0 Å². The lowest BCUT2D eigenvalue weighted by Crippen LogP contribution is -2.28. The number of benzene rings is 7. The monoisotopic (exact) mass is 601 g/mol. The Morgan fingerprint density at radius 2 is 0.809 bits per heavy atom. The Morgan fingerprint density at radius 1 is 0.340 bits per heavy atom. The maximum absolute atomic E-state index is 2.42. The van der Waals surface area contributed by atoms with Gasteiger partial charge in [-0.2, -0.15) is 0 Å². The van der Waals surface area contributed by atoms with Gasteiger partial charge in [0.25, 0.3) is 0 Å². The first-order chi connectivity index (χ1) is 23.1. The Labute approximate surface area is 277 Å². The molecule has 2 aliphatic carbocycles. The van der Waals surface area contributed by atoms with Crippen LogP contribution in [0.4, 0.5) is 17.1 Å². The number of rotatable bonds is 5. The van der Waals surface area contributed by atoms with Gasteiger partial charge in [-0.05, 0) is 92.0 Å². The fraction of sp³-hybridized carbons (Fsp3) is 0.0870. The summed E-state index contributed by atoms with van der Waals surface area (Å²) in [6.45, 7) is 4.71. The third-order valence-electron chi connectivity index (χ3n) is 10.5. The van der Waals surface area contributed by atoms with E-state index in [0.29, 0.717) is 0 Å². The lowest BCUT2D eigenvalue weighted by atomic mass is 9.68. The Morgan fingerprint density at radius 3 is 1.47 bits per heavy atom. The van der Waals surface area contributed by atoms with Crippen molar-refractivity contribution in [2.45, 2.75) is 24.7 Å². The maximum Gasteiger partial charge on any atom is 0.0713 e. The SMILES string of the molecule is CC1(C)c2ccccc2-c2ccc(N(c3ccccc3)c3ccc4c(c3)-c3ccccc3C4(c3ccccc3)c3ccccc3)cc21. The summed E-state index contributed by atoms with van der Waals surface area (Å²) < 4.78 is 0. The van der Waals surface area contributed by atoms with E-state index in [1.807, 2.05) is 0 Å². The Kier molecular flexibility index (Phi) is 6.14. The molecular weight excluding hydrogens is 567 g/mol. The second-order valence-electron chi connectivity index (χ2n) is 13.3. The smallest absolute Gasteiger partial charge is 0.0713 e. The summed E-state index contributed by atoms with van der Waals surface area (Å²) in [6.07, 6.45) is 0. The standard InChI is InChI=1S/C46H35N/c1-45(2)41-24-14-12-22-37(41)39-28-26-36(31-44(39)45)47(34-20-10-5-11-21-34)35-27-29-43-40(30-35)38-23-13-15-25-42(38)46(43,32-16-6-3-7-17-32)33-18-8-4-9-19-33/h3-31H,1-2H3. The summed E-state index contributed by atoms with van der Waals surface area (Å²) in [6, 6.07) is 64.8. The number of fused-ring (bicyclic) bond motifs is 6. The molecule has 1 heteroatoms. The Balaban J connectivity index is 1.28. The molecule has 0 radical (unpaired) electrons. The van der Waals surface area contributed by atoms with Gasteiger partial charge in [0, 0.05) is 22.5 Å². The lowest BCUT2D eigenvalue weighted by molar-refractivity contribution is 0.660. The van der Waals surface area contributed by atoms with E-state index in [1.54, 1.807) is 0 Å². The third kappa shape index (κ3) is 3.96. The minimum absolute atomic E-state index is 0.0772. The van der Waals surface area contributed by atoms with E-state index >= 15 is 0 Å². The zero-order valence-electron chi connectivity index (χ0n) is 26.7. The van der Waals surface area contributed by atoms with Crippen molar-refractivity contribution in [3.63, 3.8) is 0 Å². The second kappa shape index (κ2) is 10.4. The molecule has 2 aliphatic rings. The van der Waals surface area contributed by atoms with E-state index in [4.69, 9.17) is 0 Å². The van der Waals surface area contributed by atoms with Gasteiger partial charge in [-0.1, -0.05) is 153 Å². The number of nitrogens with zero attached hydrogens (tertiary/aromatic N) is 1. The zero-order valence-corrected chi connectivity index (χ0v) is 26.7. The first kappa shape index (κ1) is 27.6. The van der Waals surface area contributed by atoms with Gasteiger partial charge < -0.3 is 4.90 Å². The molecule has 0 fully saturated rings.